The van der Waals surface area contributed by atoms with Gasteiger partial charge in [0.2, 0.25) is 0 Å². The SMILES string of the molecule is N#CCCCCNCc1ccc(CO)o1. The maximum absolute atomic E-state index is 8.77. The molecule has 0 saturated heterocycles. The normalized spacial score (nSPS) is 10.1. The zero-order valence-corrected chi connectivity index (χ0v) is 8.70. The molecule has 4 nitrogen and oxygen atoms in total. The first-order chi connectivity index (χ1) is 7.36. The molecule has 2 N–H and O–H groups in total. The molecule has 1 rings (SSSR count). The average molecular weight is 208 g/mol. The Labute approximate surface area is 89.5 Å². The molecule has 0 radical (unpaired) electrons. The number of furan rings is 1. The molecule has 0 aliphatic carbocycles. The maximum Gasteiger partial charge on any atom is 0.129 e. The van der Waals surface area contributed by atoms with E-state index in [2.05, 4.69) is 11.4 Å². The first-order valence-electron chi connectivity index (χ1n) is 5.13. The van der Waals surface area contributed by atoms with Crippen molar-refractivity contribution in [1.29, 1.82) is 5.26 Å². The monoisotopic (exact) mass is 208 g/mol. The summed E-state index contributed by atoms with van der Waals surface area (Å²) in [7, 11) is 0. The fraction of sp³-hybridized carbons (Fsp3) is 0.545. The number of aliphatic hydroxyl groups excluding tert-OH is 1. The molecule has 4 heteroatoms. The third kappa shape index (κ3) is 4.63. The van der Waals surface area contributed by atoms with E-state index >= 15 is 0 Å². The molecular formula is C11H16N2O2. The summed E-state index contributed by atoms with van der Waals surface area (Å²) in [5.41, 5.74) is 0. The number of nitriles is 1. The molecule has 1 aromatic heterocycles. The van der Waals surface area contributed by atoms with E-state index in [0.717, 1.165) is 25.1 Å². The van der Waals surface area contributed by atoms with E-state index in [9.17, 15) is 0 Å². The lowest BCUT2D eigenvalue weighted by molar-refractivity contribution is 0.243. The molecule has 0 aliphatic rings. The van der Waals surface area contributed by atoms with Crippen LogP contribution in [0.1, 0.15) is 30.8 Å². The van der Waals surface area contributed by atoms with Gasteiger partial charge in [0.15, 0.2) is 0 Å². The van der Waals surface area contributed by atoms with Crippen molar-refractivity contribution in [2.75, 3.05) is 6.54 Å². The molecule has 0 saturated carbocycles. The predicted octanol–water partition coefficient (Wildman–Crippen LogP) is 1.56. The molecule has 1 aromatic rings. The highest BCUT2D eigenvalue weighted by atomic mass is 16.4. The molecule has 0 amide bonds. The van der Waals surface area contributed by atoms with Crippen molar-refractivity contribution in [3.63, 3.8) is 0 Å². The van der Waals surface area contributed by atoms with Crippen LogP contribution >= 0.6 is 0 Å². The third-order valence-corrected chi connectivity index (χ3v) is 2.06. The molecule has 0 spiro atoms. The van der Waals surface area contributed by atoms with Gasteiger partial charge in [-0.2, -0.15) is 5.26 Å². The second-order valence-electron chi connectivity index (χ2n) is 3.32. The topological polar surface area (TPSA) is 69.2 Å². The van der Waals surface area contributed by atoms with Crippen LogP contribution in [0, 0.1) is 11.3 Å². The number of hydrogen-bond donors (Lipinski definition) is 2. The van der Waals surface area contributed by atoms with Gasteiger partial charge in [-0.15, -0.1) is 0 Å². The quantitative estimate of drug-likeness (QED) is 0.667. The second kappa shape index (κ2) is 7.04. The number of rotatable bonds is 7. The molecule has 0 fully saturated rings. The number of aliphatic hydroxyl groups is 1. The van der Waals surface area contributed by atoms with Crippen LogP contribution in [0.2, 0.25) is 0 Å². The lowest BCUT2D eigenvalue weighted by Gasteiger charge is -2.00. The zero-order chi connectivity index (χ0) is 10.9. The van der Waals surface area contributed by atoms with Gasteiger partial charge in [0.05, 0.1) is 12.6 Å². The van der Waals surface area contributed by atoms with Crippen LogP contribution in [0.25, 0.3) is 0 Å². The van der Waals surface area contributed by atoms with E-state index < -0.39 is 0 Å². The summed E-state index contributed by atoms with van der Waals surface area (Å²) >= 11 is 0. The van der Waals surface area contributed by atoms with Gasteiger partial charge in [0.25, 0.3) is 0 Å². The highest BCUT2D eigenvalue weighted by molar-refractivity contribution is 5.05. The standard InChI is InChI=1S/C11H16N2O2/c12-6-2-1-3-7-13-8-10-4-5-11(9-14)15-10/h4-5,13-14H,1-3,7-9H2. The lowest BCUT2D eigenvalue weighted by atomic mass is 10.2. The Bertz CT molecular complexity index is 315. The minimum absolute atomic E-state index is 0.0534. The highest BCUT2D eigenvalue weighted by Crippen LogP contribution is 2.07. The number of hydrogen-bond acceptors (Lipinski definition) is 4. The van der Waals surface area contributed by atoms with Crippen LogP contribution in [0.3, 0.4) is 0 Å². The molecule has 1 heterocycles. The van der Waals surface area contributed by atoms with Crippen molar-refractivity contribution in [3.05, 3.63) is 23.7 Å². The zero-order valence-electron chi connectivity index (χ0n) is 8.70. The summed E-state index contributed by atoms with van der Waals surface area (Å²) < 4.78 is 5.30. The largest absolute Gasteiger partial charge is 0.462 e. The van der Waals surface area contributed by atoms with Gasteiger partial charge in [0, 0.05) is 6.42 Å². The van der Waals surface area contributed by atoms with Crippen LogP contribution in [0.5, 0.6) is 0 Å². The van der Waals surface area contributed by atoms with E-state index in [1.807, 2.05) is 6.07 Å². The van der Waals surface area contributed by atoms with Crippen molar-refractivity contribution in [1.82, 2.24) is 5.32 Å². The molecule has 0 bridgehead atoms. The van der Waals surface area contributed by atoms with Gasteiger partial charge in [0.1, 0.15) is 18.1 Å². The molecule has 0 atom stereocenters. The number of unbranched alkanes of at least 4 members (excludes halogenated alkanes) is 2. The van der Waals surface area contributed by atoms with Crippen LogP contribution in [-0.2, 0) is 13.2 Å². The molecular weight excluding hydrogens is 192 g/mol. The van der Waals surface area contributed by atoms with E-state index in [0.29, 0.717) is 18.7 Å². The van der Waals surface area contributed by atoms with Crippen molar-refractivity contribution >= 4 is 0 Å². The van der Waals surface area contributed by atoms with E-state index in [4.69, 9.17) is 14.8 Å². The smallest absolute Gasteiger partial charge is 0.129 e. The third-order valence-electron chi connectivity index (χ3n) is 2.06. The fourth-order valence-electron chi connectivity index (χ4n) is 1.27. The van der Waals surface area contributed by atoms with Crippen LogP contribution in [0.15, 0.2) is 16.5 Å². The van der Waals surface area contributed by atoms with E-state index in [1.54, 1.807) is 6.07 Å². The van der Waals surface area contributed by atoms with Gasteiger partial charge in [-0.1, -0.05) is 0 Å². The molecule has 15 heavy (non-hydrogen) atoms. The lowest BCUT2D eigenvalue weighted by Crippen LogP contribution is -2.14. The van der Waals surface area contributed by atoms with Crippen molar-refractivity contribution < 1.29 is 9.52 Å². The second-order valence-corrected chi connectivity index (χ2v) is 3.32. The number of nitrogens with one attached hydrogen (secondary N) is 1. The minimum Gasteiger partial charge on any atom is -0.462 e. The van der Waals surface area contributed by atoms with Crippen LogP contribution in [0.4, 0.5) is 0 Å². The van der Waals surface area contributed by atoms with Crippen molar-refractivity contribution in [2.24, 2.45) is 0 Å². The minimum atomic E-state index is -0.0534. The fourth-order valence-corrected chi connectivity index (χ4v) is 1.27. The van der Waals surface area contributed by atoms with Gasteiger partial charge >= 0.3 is 0 Å². The Hall–Kier alpha value is -1.31. The summed E-state index contributed by atoms with van der Waals surface area (Å²) in [6.45, 7) is 1.51. The maximum atomic E-state index is 8.77. The van der Waals surface area contributed by atoms with Gasteiger partial charge in [-0.25, -0.2) is 0 Å². The Kier molecular flexibility index (Phi) is 5.52. The summed E-state index contributed by atoms with van der Waals surface area (Å²) in [6.07, 6.45) is 2.56. The molecule has 0 aromatic carbocycles. The molecule has 0 aliphatic heterocycles. The summed E-state index contributed by atoms with van der Waals surface area (Å²) in [6, 6.07) is 5.74. The number of nitrogens with zero attached hydrogens (tertiary/aromatic N) is 1. The first kappa shape index (κ1) is 11.8. The summed E-state index contributed by atoms with van der Waals surface area (Å²) in [4.78, 5) is 0. The molecule has 82 valence electrons. The average Bonchev–Trinajstić information content (AvgIpc) is 2.71. The van der Waals surface area contributed by atoms with Gasteiger partial charge in [-0.3, -0.25) is 0 Å². The van der Waals surface area contributed by atoms with E-state index in [-0.39, 0.29) is 6.61 Å². The Morgan fingerprint density at radius 2 is 2.13 bits per heavy atom. The van der Waals surface area contributed by atoms with E-state index in [1.165, 1.54) is 0 Å². The highest BCUT2D eigenvalue weighted by Gasteiger charge is 1.99. The van der Waals surface area contributed by atoms with Crippen molar-refractivity contribution in [3.8, 4) is 6.07 Å². The van der Waals surface area contributed by atoms with Crippen LogP contribution < -0.4 is 5.32 Å². The van der Waals surface area contributed by atoms with Crippen molar-refractivity contribution in [2.45, 2.75) is 32.4 Å². The Morgan fingerprint density at radius 1 is 1.33 bits per heavy atom. The Balaban J connectivity index is 2.07. The molecule has 0 unspecified atom stereocenters. The van der Waals surface area contributed by atoms with Gasteiger partial charge < -0.3 is 14.8 Å². The van der Waals surface area contributed by atoms with Crippen LogP contribution in [-0.4, -0.2) is 11.7 Å². The summed E-state index contributed by atoms with van der Waals surface area (Å²) in [5, 5.41) is 20.3. The Morgan fingerprint density at radius 3 is 2.80 bits per heavy atom. The summed E-state index contributed by atoms with van der Waals surface area (Å²) in [5.74, 6) is 1.43. The van der Waals surface area contributed by atoms with Gasteiger partial charge in [-0.05, 0) is 31.5 Å². The predicted molar refractivity (Wildman–Crippen MR) is 55.8 cm³/mol. The first-order valence-corrected chi connectivity index (χ1v) is 5.13.